The van der Waals surface area contributed by atoms with Gasteiger partial charge in [0.05, 0.1) is 9.79 Å². The van der Waals surface area contributed by atoms with Crippen molar-refractivity contribution >= 4 is 20.2 Å². The number of hydrogen-bond donors (Lipinski definition) is 0. The van der Waals surface area contributed by atoms with Gasteiger partial charge in [0.15, 0.2) is 0 Å². The Morgan fingerprint density at radius 2 is 1.00 bits per heavy atom. The molecule has 2 aromatic rings. The summed E-state index contributed by atoms with van der Waals surface area (Å²) in [4.78, 5) is 0.0677. The van der Waals surface area contributed by atoms with Crippen molar-refractivity contribution in [2.45, 2.75) is 41.3 Å². The average Bonchev–Trinajstić information content (AvgIpc) is 3.02. The molecular weight excluding hydrogens is 364 g/mol. The maximum absolute atomic E-state index is 12.3. The van der Waals surface area contributed by atoms with Gasteiger partial charge in [0.25, 0.3) is 20.2 Å². The highest BCUT2D eigenvalue weighted by molar-refractivity contribution is 7.87. The first kappa shape index (κ1) is 18.1. The zero-order valence-corrected chi connectivity index (χ0v) is 14.9. The number of rotatable bonds is 6. The van der Waals surface area contributed by atoms with Gasteiger partial charge in [-0.3, -0.25) is 8.37 Å². The Bertz CT molecular complexity index is 831. The van der Waals surface area contributed by atoms with Crippen LogP contribution in [-0.4, -0.2) is 29.0 Å². The van der Waals surface area contributed by atoms with Crippen LogP contribution in [0.3, 0.4) is 0 Å². The average molecular weight is 382 g/mol. The van der Waals surface area contributed by atoms with Gasteiger partial charge in [-0.2, -0.15) is 16.8 Å². The molecule has 0 heterocycles. The lowest BCUT2D eigenvalue weighted by Gasteiger charge is -2.20. The van der Waals surface area contributed by atoms with Gasteiger partial charge in [-0.15, -0.1) is 0 Å². The summed E-state index contributed by atoms with van der Waals surface area (Å²) in [7, 11) is -7.94. The minimum Gasteiger partial charge on any atom is -0.260 e. The molecule has 8 heteroatoms. The van der Waals surface area contributed by atoms with Gasteiger partial charge in [0.1, 0.15) is 12.2 Å². The van der Waals surface area contributed by atoms with Gasteiger partial charge in [0, 0.05) is 0 Å². The Morgan fingerprint density at radius 3 is 1.36 bits per heavy atom. The van der Waals surface area contributed by atoms with Crippen LogP contribution in [0, 0.1) is 0 Å². The van der Waals surface area contributed by atoms with E-state index in [0.717, 1.165) is 0 Å². The van der Waals surface area contributed by atoms with Crippen LogP contribution in [0.5, 0.6) is 0 Å². The molecule has 134 valence electrons. The molecule has 0 amide bonds. The quantitative estimate of drug-likeness (QED) is 0.714. The predicted molar refractivity (Wildman–Crippen MR) is 90.9 cm³/mol. The molecule has 3 rings (SSSR count). The van der Waals surface area contributed by atoms with Crippen LogP contribution >= 0.6 is 0 Å². The summed E-state index contributed by atoms with van der Waals surface area (Å²) in [5, 5.41) is 0. The van der Waals surface area contributed by atoms with Gasteiger partial charge >= 0.3 is 0 Å². The summed E-state index contributed by atoms with van der Waals surface area (Å²) in [5.74, 6) is 0. The third-order valence-electron chi connectivity index (χ3n) is 3.96. The van der Waals surface area contributed by atoms with E-state index in [1.165, 1.54) is 24.3 Å². The van der Waals surface area contributed by atoms with Crippen LogP contribution in [0.1, 0.15) is 19.3 Å². The summed E-state index contributed by atoms with van der Waals surface area (Å²) in [5.41, 5.74) is 0. The van der Waals surface area contributed by atoms with Crippen molar-refractivity contribution in [3.63, 3.8) is 0 Å². The zero-order valence-electron chi connectivity index (χ0n) is 13.3. The Hall–Kier alpha value is -1.74. The third kappa shape index (κ3) is 4.27. The first-order valence-electron chi connectivity index (χ1n) is 7.85. The highest BCUT2D eigenvalue weighted by atomic mass is 32.2. The normalized spacial score (nSPS) is 21.3. The monoisotopic (exact) mass is 382 g/mol. The molecule has 0 spiro atoms. The van der Waals surface area contributed by atoms with Gasteiger partial charge in [-0.05, 0) is 43.5 Å². The van der Waals surface area contributed by atoms with E-state index >= 15 is 0 Å². The fourth-order valence-electron chi connectivity index (χ4n) is 2.72. The molecule has 0 saturated heterocycles. The Morgan fingerprint density at radius 1 is 0.640 bits per heavy atom. The summed E-state index contributed by atoms with van der Waals surface area (Å²) in [6.07, 6.45) is -0.196. The fraction of sp³-hybridized carbons (Fsp3) is 0.294. The van der Waals surface area contributed by atoms with Crippen LogP contribution in [0.4, 0.5) is 0 Å². The molecule has 2 unspecified atom stereocenters. The van der Waals surface area contributed by atoms with Crippen LogP contribution < -0.4 is 0 Å². The molecule has 1 aliphatic carbocycles. The van der Waals surface area contributed by atoms with Crippen LogP contribution in [0.2, 0.25) is 0 Å². The molecule has 25 heavy (non-hydrogen) atoms. The lowest BCUT2D eigenvalue weighted by Crippen LogP contribution is -2.30. The van der Waals surface area contributed by atoms with Gasteiger partial charge in [0.2, 0.25) is 0 Å². The molecular formula is C17H18O6S2. The molecule has 0 N–H and O–H groups in total. The lowest BCUT2D eigenvalue weighted by atomic mass is 10.3. The van der Waals surface area contributed by atoms with Gasteiger partial charge in [-0.25, -0.2) is 0 Å². The van der Waals surface area contributed by atoms with E-state index < -0.39 is 32.4 Å². The second kappa shape index (κ2) is 7.25. The highest BCUT2D eigenvalue weighted by Gasteiger charge is 2.37. The molecule has 1 aliphatic rings. The van der Waals surface area contributed by atoms with E-state index in [9.17, 15) is 16.8 Å². The highest BCUT2D eigenvalue weighted by Crippen LogP contribution is 2.30. The summed E-state index contributed by atoms with van der Waals surface area (Å²) < 4.78 is 59.9. The standard InChI is InChI=1S/C17H18O6S2/c18-24(19,14-8-3-1-4-9-14)22-16-12-7-13-17(16)23-25(20,21)15-10-5-2-6-11-15/h1-6,8-11,16-17H,7,12-13H2. The molecule has 6 nitrogen and oxygen atoms in total. The van der Waals surface area contributed by atoms with E-state index in [1.54, 1.807) is 36.4 Å². The SMILES string of the molecule is O=S(=O)(OC1CCCC1OS(=O)(=O)c1ccccc1)c1ccccc1. The van der Waals surface area contributed by atoms with Crippen LogP contribution in [-0.2, 0) is 28.6 Å². The van der Waals surface area contributed by atoms with Crippen LogP contribution in [0.15, 0.2) is 70.5 Å². The van der Waals surface area contributed by atoms with Crippen molar-refractivity contribution in [2.75, 3.05) is 0 Å². The topological polar surface area (TPSA) is 86.7 Å². The minimum absolute atomic E-state index is 0.0339. The molecule has 2 atom stereocenters. The van der Waals surface area contributed by atoms with E-state index in [1.807, 2.05) is 0 Å². The molecule has 0 aliphatic heterocycles. The largest absolute Gasteiger partial charge is 0.297 e. The van der Waals surface area contributed by atoms with Gasteiger partial charge < -0.3 is 0 Å². The van der Waals surface area contributed by atoms with Crippen molar-refractivity contribution in [1.29, 1.82) is 0 Å². The van der Waals surface area contributed by atoms with E-state index in [2.05, 4.69) is 0 Å². The summed E-state index contributed by atoms with van der Waals surface area (Å²) >= 11 is 0. The first-order chi connectivity index (χ1) is 11.9. The lowest BCUT2D eigenvalue weighted by molar-refractivity contribution is 0.0871. The maximum atomic E-state index is 12.3. The molecule has 0 aromatic heterocycles. The maximum Gasteiger partial charge on any atom is 0.297 e. The molecule has 1 saturated carbocycles. The second-order valence-corrected chi connectivity index (χ2v) is 8.88. The molecule has 0 bridgehead atoms. The van der Waals surface area contributed by atoms with E-state index in [4.69, 9.17) is 8.37 Å². The van der Waals surface area contributed by atoms with Crippen molar-refractivity contribution in [2.24, 2.45) is 0 Å². The Kier molecular flexibility index (Phi) is 5.24. The third-order valence-corrected chi connectivity index (χ3v) is 6.66. The summed E-state index contributed by atoms with van der Waals surface area (Å²) in [6, 6.07) is 15.5. The molecule has 2 aromatic carbocycles. The first-order valence-corrected chi connectivity index (χ1v) is 10.7. The van der Waals surface area contributed by atoms with Crippen molar-refractivity contribution in [1.82, 2.24) is 0 Å². The molecule has 1 fully saturated rings. The van der Waals surface area contributed by atoms with Gasteiger partial charge in [-0.1, -0.05) is 36.4 Å². The predicted octanol–water partition coefficient (Wildman–Crippen LogP) is 2.72. The molecule has 0 radical (unpaired) electrons. The fourth-order valence-corrected chi connectivity index (χ4v) is 5.02. The second-order valence-electron chi connectivity index (χ2n) is 5.73. The van der Waals surface area contributed by atoms with Crippen molar-refractivity contribution in [3.05, 3.63) is 60.7 Å². The van der Waals surface area contributed by atoms with E-state index in [-0.39, 0.29) is 9.79 Å². The number of benzene rings is 2. The minimum atomic E-state index is -3.97. The van der Waals surface area contributed by atoms with Crippen LogP contribution in [0.25, 0.3) is 0 Å². The number of hydrogen-bond acceptors (Lipinski definition) is 6. The Balaban J connectivity index is 1.75. The van der Waals surface area contributed by atoms with Crippen molar-refractivity contribution in [3.8, 4) is 0 Å². The van der Waals surface area contributed by atoms with Crippen molar-refractivity contribution < 1.29 is 25.2 Å². The smallest absolute Gasteiger partial charge is 0.260 e. The summed E-state index contributed by atoms with van der Waals surface area (Å²) in [6.45, 7) is 0. The van der Waals surface area contributed by atoms with E-state index in [0.29, 0.717) is 19.3 Å². The zero-order chi connectivity index (χ0) is 17.9. The Labute approximate surface area is 147 Å².